The van der Waals surface area contributed by atoms with Gasteiger partial charge in [-0.2, -0.15) is 0 Å². The summed E-state index contributed by atoms with van der Waals surface area (Å²) in [6.07, 6.45) is 0. The lowest BCUT2D eigenvalue weighted by Crippen LogP contribution is -2.51. The Morgan fingerprint density at radius 2 is 1.17 bits per heavy atom. The molecule has 0 saturated heterocycles. The Labute approximate surface area is 78.6 Å². The smallest absolute Gasteiger partial charge is 0.120 e. The fourth-order valence-corrected chi connectivity index (χ4v) is 10.3. The van der Waals surface area contributed by atoms with Gasteiger partial charge in [0.05, 0.1) is 5.03 Å². The molecule has 0 aromatic rings. The first kappa shape index (κ1) is 12.1. The maximum Gasteiger partial charge on any atom is 0.120 e. The lowest BCUT2D eigenvalue weighted by Gasteiger charge is -2.28. The molecule has 0 bridgehead atoms. The first-order chi connectivity index (χ1) is 5.28. The van der Waals surface area contributed by atoms with E-state index in [9.17, 15) is 4.79 Å². The molecule has 0 spiro atoms. The molecule has 0 amide bonds. The monoisotopic (exact) mass is 202 g/mol. The molecule has 0 aliphatic rings. The van der Waals surface area contributed by atoms with E-state index in [1.165, 1.54) is 0 Å². The van der Waals surface area contributed by atoms with Gasteiger partial charge in [-0.15, -0.1) is 0 Å². The zero-order chi connectivity index (χ0) is 9.99. The summed E-state index contributed by atoms with van der Waals surface area (Å²) in [5.74, 6) is 0. The van der Waals surface area contributed by atoms with Crippen LogP contribution in [-0.2, 0) is 0 Å². The Hall–Kier alpha value is 0.104. The SMILES string of the molecule is CC[Si](C)(C)C(=O)[Si](C)(C)CC. The van der Waals surface area contributed by atoms with Crippen molar-refractivity contribution in [3.05, 3.63) is 0 Å². The molecule has 0 atom stereocenters. The second-order valence-corrected chi connectivity index (χ2v) is 15.2. The first-order valence-corrected chi connectivity index (χ1v) is 11.2. The van der Waals surface area contributed by atoms with E-state index in [-0.39, 0.29) is 0 Å². The summed E-state index contributed by atoms with van der Waals surface area (Å²) in [6.45, 7) is 13.1. The predicted molar refractivity (Wildman–Crippen MR) is 61.3 cm³/mol. The molecule has 12 heavy (non-hydrogen) atoms. The summed E-state index contributed by atoms with van der Waals surface area (Å²) in [5, 5.41) is 0.667. The standard InChI is InChI=1S/C9H22OSi2/c1-7-11(3,4)9(10)12(5,6)8-2/h7-8H2,1-6H3. The molecule has 0 N–H and O–H groups in total. The normalized spacial score (nSPS) is 13.2. The molecule has 0 rings (SSSR count). The van der Waals surface area contributed by atoms with Gasteiger partial charge < -0.3 is 4.79 Å². The van der Waals surface area contributed by atoms with Crippen LogP contribution >= 0.6 is 0 Å². The summed E-state index contributed by atoms with van der Waals surface area (Å²) < 4.78 is 0. The summed E-state index contributed by atoms with van der Waals surface area (Å²) in [7, 11) is -3.03. The van der Waals surface area contributed by atoms with E-state index in [2.05, 4.69) is 40.0 Å². The molecule has 72 valence electrons. The number of hydrogen-bond acceptors (Lipinski definition) is 1. The molecular formula is C9H22OSi2. The van der Waals surface area contributed by atoms with Crippen molar-refractivity contribution in [3.8, 4) is 0 Å². The van der Waals surface area contributed by atoms with Gasteiger partial charge in [0.15, 0.2) is 0 Å². The minimum atomic E-state index is -1.51. The Bertz CT molecular complexity index is 155. The second-order valence-electron chi connectivity index (χ2n) is 4.80. The van der Waals surface area contributed by atoms with Gasteiger partial charge in [-0.25, -0.2) is 0 Å². The highest BCUT2D eigenvalue weighted by Crippen LogP contribution is 2.21. The molecule has 0 unspecified atom stereocenters. The van der Waals surface area contributed by atoms with Gasteiger partial charge in [-0.1, -0.05) is 52.1 Å². The Balaban J connectivity index is 4.60. The van der Waals surface area contributed by atoms with Crippen LogP contribution in [0.1, 0.15) is 13.8 Å². The van der Waals surface area contributed by atoms with Crippen molar-refractivity contribution in [3.63, 3.8) is 0 Å². The van der Waals surface area contributed by atoms with Crippen molar-refractivity contribution in [2.24, 2.45) is 0 Å². The van der Waals surface area contributed by atoms with Crippen LogP contribution in [0.4, 0.5) is 4.79 Å². The van der Waals surface area contributed by atoms with Crippen LogP contribution in [0.2, 0.25) is 38.3 Å². The maximum atomic E-state index is 12.1. The fourth-order valence-electron chi connectivity index (χ4n) is 1.24. The van der Waals surface area contributed by atoms with Crippen molar-refractivity contribution in [1.29, 1.82) is 0 Å². The third-order valence-electron chi connectivity index (χ3n) is 3.00. The van der Waals surface area contributed by atoms with Gasteiger partial charge in [0.25, 0.3) is 0 Å². The third kappa shape index (κ3) is 2.55. The van der Waals surface area contributed by atoms with Crippen LogP contribution in [0.5, 0.6) is 0 Å². The molecule has 1 nitrogen and oxygen atoms in total. The van der Waals surface area contributed by atoms with E-state index in [1.54, 1.807) is 0 Å². The molecule has 0 fully saturated rings. The molecule has 0 saturated carbocycles. The van der Waals surface area contributed by atoms with Gasteiger partial charge in [-0.05, 0) is 0 Å². The predicted octanol–water partition coefficient (Wildman–Crippen LogP) is 3.73. The molecule has 0 heterocycles. The maximum absolute atomic E-state index is 12.1. The Morgan fingerprint density at radius 3 is 1.33 bits per heavy atom. The highest BCUT2D eigenvalue weighted by atomic mass is 28.4. The van der Waals surface area contributed by atoms with E-state index in [0.717, 1.165) is 12.1 Å². The van der Waals surface area contributed by atoms with Crippen molar-refractivity contribution in [2.45, 2.75) is 52.1 Å². The van der Waals surface area contributed by atoms with Gasteiger partial charge >= 0.3 is 0 Å². The number of rotatable bonds is 4. The third-order valence-corrected chi connectivity index (χ3v) is 13.1. The van der Waals surface area contributed by atoms with Crippen LogP contribution in [-0.4, -0.2) is 21.2 Å². The van der Waals surface area contributed by atoms with Crippen LogP contribution in [0, 0.1) is 0 Å². The van der Waals surface area contributed by atoms with Crippen LogP contribution in [0.15, 0.2) is 0 Å². The zero-order valence-electron chi connectivity index (χ0n) is 9.32. The van der Waals surface area contributed by atoms with E-state index >= 15 is 0 Å². The summed E-state index contributed by atoms with van der Waals surface area (Å²) >= 11 is 0. The number of carbonyl (C=O) groups is 1. The second kappa shape index (κ2) is 3.87. The van der Waals surface area contributed by atoms with Crippen molar-refractivity contribution in [2.75, 3.05) is 0 Å². The fraction of sp³-hybridized carbons (Fsp3) is 0.889. The molecule has 0 aliphatic carbocycles. The average molecular weight is 202 g/mol. The Kier molecular flexibility index (Phi) is 3.91. The minimum Gasteiger partial charge on any atom is -0.311 e. The van der Waals surface area contributed by atoms with Crippen LogP contribution < -0.4 is 0 Å². The van der Waals surface area contributed by atoms with Crippen LogP contribution in [0.3, 0.4) is 0 Å². The van der Waals surface area contributed by atoms with Crippen molar-refractivity contribution >= 4 is 21.2 Å². The van der Waals surface area contributed by atoms with E-state index in [0.29, 0.717) is 5.03 Å². The van der Waals surface area contributed by atoms with Gasteiger partial charge in [0, 0.05) is 0 Å². The number of hydrogen-bond donors (Lipinski definition) is 0. The van der Waals surface area contributed by atoms with Crippen LogP contribution in [0.25, 0.3) is 0 Å². The quantitative estimate of drug-likeness (QED) is 0.635. The number of carbonyl (C=O) groups excluding carboxylic acids is 1. The summed E-state index contributed by atoms with van der Waals surface area (Å²) in [6, 6.07) is 2.20. The van der Waals surface area contributed by atoms with E-state index in [4.69, 9.17) is 0 Å². The molecule has 0 aromatic carbocycles. The first-order valence-electron chi connectivity index (χ1n) is 4.83. The average Bonchev–Trinajstić information content (AvgIpc) is 2.03. The Morgan fingerprint density at radius 1 is 0.917 bits per heavy atom. The van der Waals surface area contributed by atoms with Gasteiger partial charge in [0.2, 0.25) is 0 Å². The molecule has 3 heteroatoms. The topological polar surface area (TPSA) is 17.1 Å². The van der Waals surface area contributed by atoms with Gasteiger partial charge in [-0.3, -0.25) is 0 Å². The lowest BCUT2D eigenvalue weighted by molar-refractivity contribution is 0.271. The molecule has 0 aromatic heterocycles. The van der Waals surface area contributed by atoms with E-state index < -0.39 is 16.1 Å². The largest absolute Gasteiger partial charge is 0.311 e. The molecule has 0 radical (unpaired) electrons. The lowest BCUT2D eigenvalue weighted by atomic mass is 11.0. The zero-order valence-corrected chi connectivity index (χ0v) is 11.3. The molecule has 0 aliphatic heterocycles. The van der Waals surface area contributed by atoms with Gasteiger partial charge in [0.1, 0.15) is 16.1 Å². The van der Waals surface area contributed by atoms with Crippen molar-refractivity contribution in [1.82, 2.24) is 0 Å². The van der Waals surface area contributed by atoms with Crippen molar-refractivity contribution < 1.29 is 4.79 Å². The van der Waals surface area contributed by atoms with E-state index in [1.807, 2.05) is 0 Å². The summed E-state index contributed by atoms with van der Waals surface area (Å²) in [5.41, 5.74) is 0. The summed E-state index contributed by atoms with van der Waals surface area (Å²) in [4.78, 5) is 12.1. The highest BCUT2D eigenvalue weighted by molar-refractivity contribution is 7.31. The highest BCUT2D eigenvalue weighted by Gasteiger charge is 2.39. The minimum absolute atomic E-state index is 0.667. The molecular weight excluding hydrogens is 180 g/mol.